The second kappa shape index (κ2) is 7.63. The smallest absolute Gasteiger partial charge is 0.225 e. The Labute approximate surface area is 158 Å². The summed E-state index contributed by atoms with van der Waals surface area (Å²) in [6.45, 7) is 0. The fourth-order valence-corrected chi connectivity index (χ4v) is 3.86. The number of benzene rings is 2. The zero-order valence-corrected chi connectivity index (χ0v) is 15.2. The van der Waals surface area contributed by atoms with Gasteiger partial charge in [-0.3, -0.25) is 9.89 Å². The van der Waals surface area contributed by atoms with Crippen LogP contribution in [-0.4, -0.2) is 16.1 Å². The number of fused-ring (bicyclic) bond motifs is 1. The first-order valence-electron chi connectivity index (χ1n) is 9.51. The summed E-state index contributed by atoms with van der Waals surface area (Å²) in [5.41, 5.74) is 3.59. The van der Waals surface area contributed by atoms with Gasteiger partial charge in [0.2, 0.25) is 5.91 Å². The molecule has 1 aliphatic rings. The summed E-state index contributed by atoms with van der Waals surface area (Å²) >= 11 is 0. The number of rotatable bonds is 5. The van der Waals surface area contributed by atoms with Gasteiger partial charge in [-0.1, -0.05) is 43.9 Å². The first kappa shape index (κ1) is 17.3. The van der Waals surface area contributed by atoms with Crippen LogP contribution in [0.1, 0.15) is 44.1 Å². The molecule has 2 N–H and O–H groups in total. The molecule has 27 heavy (non-hydrogen) atoms. The van der Waals surface area contributed by atoms with Gasteiger partial charge in [0.15, 0.2) is 5.82 Å². The van der Waals surface area contributed by atoms with Crippen molar-refractivity contribution < 1.29 is 4.79 Å². The topological polar surface area (TPSA) is 81.6 Å². The average Bonchev–Trinajstić information content (AvgIpc) is 3.36. The molecular formula is C22H22N4O. The van der Waals surface area contributed by atoms with Crippen LogP contribution >= 0.6 is 0 Å². The zero-order chi connectivity index (χ0) is 18.6. The number of anilines is 1. The summed E-state index contributed by atoms with van der Waals surface area (Å²) in [7, 11) is 0. The van der Waals surface area contributed by atoms with E-state index in [1.165, 1.54) is 25.7 Å². The summed E-state index contributed by atoms with van der Waals surface area (Å²) < 4.78 is 0. The van der Waals surface area contributed by atoms with Crippen LogP contribution in [0, 0.1) is 17.2 Å². The first-order chi connectivity index (χ1) is 13.2. The summed E-state index contributed by atoms with van der Waals surface area (Å²) in [6, 6.07) is 15.6. The molecule has 0 radical (unpaired) electrons. The van der Waals surface area contributed by atoms with E-state index in [-0.39, 0.29) is 5.91 Å². The number of nitriles is 1. The lowest BCUT2D eigenvalue weighted by Crippen LogP contribution is -2.13. The van der Waals surface area contributed by atoms with Gasteiger partial charge in [0.1, 0.15) is 0 Å². The molecule has 5 heteroatoms. The van der Waals surface area contributed by atoms with Gasteiger partial charge in [-0.05, 0) is 47.7 Å². The van der Waals surface area contributed by atoms with Gasteiger partial charge in [-0.25, -0.2) is 0 Å². The predicted molar refractivity (Wildman–Crippen MR) is 106 cm³/mol. The molecule has 4 rings (SSSR count). The molecule has 0 aliphatic heterocycles. The van der Waals surface area contributed by atoms with Gasteiger partial charge in [-0.15, -0.1) is 0 Å². The van der Waals surface area contributed by atoms with E-state index in [1.54, 1.807) is 0 Å². The van der Waals surface area contributed by atoms with E-state index < -0.39 is 0 Å². The molecule has 1 amide bonds. The highest BCUT2D eigenvalue weighted by Crippen LogP contribution is 2.30. The Balaban J connectivity index is 1.46. The van der Waals surface area contributed by atoms with Crippen molar-refractivity contribution in [3.8, 4) is 17.2 Å². The molecule has 0 saturated heterocycles. The molecule has 2 aromatic carbocycles. The molecule has 1 saturated carbocycles. The normalized spacial score (nSPS) is 14.3. The molecule has 1 fully saturated rings. The number of aromatic nitrogens is 2. The van der Waals surface area contributed by atoms with E-state index in [0.29, 0.717) is 23.7 Å². The van der Waals surface area contributed by atoms with E-state index >= 15 is 0 Å². The van der Waals surface area contributed by atoms with Gasteiger partial charge < -0.3 is 5.32 Å². The van der Waals surface area contributed by atoms with Gasteiger partial charge >= 0.3 is 0 Å². The van der Waals surface area contributed by atoms with E-state index in [2.05, 4.69) is 21.6 Å². The van der Waals surface area contributed by atoms with Crippen molar-refractivity contribution in [1.29, 1.82) is 5.26 Å². The lowest BCUT2D eigenvalue weighted by atomic mass is 10.0. The quantitative estimate of drug-likeness (QED) is 0.672. The number of carbonyl (C=O) groups is 1. The second-order valence-electron chi connectivity index (χ2n) is 7.26. The SMILES string of the molecule is N#Cc1ccc(-c2ccc3c(NC(=O)CCC4CCCC4)n[nH]c3c2)cc1. The third kappa shape index (κ3) is 3.85. The summed E-state index contributed by atoms with van der Waals surface area (Å²) in [5, 5.41) is 20.1. The van der Waals surface area contributed by atoms with Crippen molar-refractivity contribution >= 4 is 22.6 Å². The molecule has 0 atom stereocenters. The fraction of sp³-hybridized carbons (Fsp3) is 0.318. The lowest BCUT2D eigenvalue weighted by molar-refractivity contribution is -0.116. The van der Waals surface area contributed by atoms with Gasteiger partial charge in [0.05, 0.1) is 17.1 Å². The van der Waals surface area contributed by atoms with Crippen LogP contribution in [0.15, 0.2) is 42.5 Å². The Morgan fingerprint density at radius 3 is 2.63 bits per heavy atom. The van der Waals surface area contributed by atoms with Crippen molar-refractivity contribution in [1.82, 2.24) is 10.2 Å². The number of nitrogens with zero attached hydrogens (tertiary/aromatic N) is 2. The van der Waals surface area contributed by atoms with Gasteiger partial charge in [-0.2, -0.15) is 10.4 Å². The van der Waals surface area contributed by atoms with Crippen LogP contribution in [0.5, 0.6) is 0 Å². The van der Waals surface area contributed by atoms with Crippen LogP contribution in [0.3, 0.4) is 0 Å². The Kier molecular flexibility index (Phi) is 4.88. The Hall–Kier alpha value is -3.13. The largest absolute Gasteiger partial charge is 0.309 e. The number of H-pyrrole nitrogens is 1. The molecule has 5 nitrogen and oxygen atoms in total. The van der Waals surface area contributed by atoms with Crippen LogP contribution in [0.25, 0.3) is 22.0 Å². The lowest BCUT2D eigenvalue weighted by Gasteiger charge is -2.08. The zero-order valence-electron chi connectivity index (χ0n) is 15.2. The molecule has 1 aromatic heterocycles. The first-order valence-corrected chi connectivity index (χ1v) is 9.51. The van der Waals surface area contributed by atoms with Crippen LogP contribution in [-0.2, 0) is 4.79 Å². The van der Waals surface area contributed by atoms with E-state index in [1.807, 2.05) is 42.5 Å². The van der Waals surface area contributed by atoms with Crippen molar-refractivity contribution in [2.45, 2.75) is 38.5 Å². The maximum atomic E-state index is 12.3. The number of carbonyl (C=O) groups excluding carboxylic acids is 1. The van der Waals surface area contributed by atoms with Crippen LogP contribution in [0.4, 0.5) is 5.82 Å². The minimum atomic E-state index is 0.0338. The fourth-order valence-electron chi connectivity index (χ4n) is 3.86. The third-order valence-electron chi connectivity index (χ3n) is 5.42. The monoisotopic (exact) mass is 358 g/mol. The molecule has 0 bridgehead atoms. The standard InChI is InChI=1S/C22H22N4O/c23-14-16-5-8-17(9-6-16)18-10-11-19-20(13-18)25-26-22(19)24-21(27)12-7-15-3-1-2-4-15/h5-6,8-11,13,15H,1-4,7,12H2,(H2,24,25,26,27). The molecule has 3 aromatic rings. The number of hydrogen-bond donors (Lipinski definition) is 2. The van der Waals surface area contributed by atoms with Gasteiger partial charge in [0.25, 0.3) is 0 Å². The minimum absolute atomic E-state index is 0.0338. The van der Waals surface area contributed by atoms with E-state index in [0.717, 1.165) is 28.5 Å². The molecule has 136 valence electrons. The second-order valence-corrected chi connectivity index (χ2v) is 7.26. The summed E-state index contributed by atoms with van der Waals surface area (Å²) in [5.74, 6) is 1.33. The van der Waals surface area contributed by atoms with Crippen molar-refractivity contribution in [3.63, 3.8) is 0 Å². The highest BCUT2D eigenvalue weighted by molar-refractivity contribution is 6.00. The number of amides is 1. The maximum absolute atomic E-state index is 12.3. The van der Waals surface area contributed by atoms with Gasteiger partial charge in [0, 0.05) is 11.8 Å². The van der Waals surface area contributed by atoms with E-state index in [4.69, 9.17) is 5.26 Å². The Bertz CT molecular complexity index is 991. The molecular weight excluding hydrogens is 336 g/mol. The summed E-state index contributed by atoms with van der Waals surface area (Å²) in [4.78, 5) is 12.3. The molecule has 1 aliphatic carbocycles. The highest BCUT2D eigenvalue weighted by Gasteiger charge is 2.17. The molecule has 0 unspecified atom stereocenters. The molecule has 1 heterocycles. The maximum Gasteiger partial charge on any atom is 0.225 e. The Morgan fingerprint density at radius 1 is 1.15 bits per heavy atom. The number of hydrogen-bond acceptors (Lipinski definition) is 3. The molecule has 0 spiro atoms. The van der Waals surface area contributed by atoms with E-state index in [9.17, 15) is 4.79 Å². The van der Waals surface area contributed by atoms with Crippen molar-refractivity contribution in [2.24, 2.45) is 5.92 Å². The Morgan fingerprint density at radius 2 is 1.89 bits per heavy atom. The predicted octanol–water partition coefficient (Wildman–Crippen LogP) is 5.01. The summed E-state index contributed by atoms with van der Waals surface area (Å²) in [6.07, 6.45) is 6.66. The van der Waals surface area contributed by atoms with Crippen LogP contribution < -0.4 is 5.32 Å². The highest BCUT2D eigenvalue weighted by atomic mass is 16.1. The van der Waals surface area contributed by atoms with Crippen molar-refractivity contribution in [2.75, 3.05) is 5.32 Å². The third-order valence-corrected chi connectivity index (χ3v) is 5.42. The number of nitrogens with one attached hydrogen (secondary N) is 2. The number of aromatic amines is 1. The minimum Gasteiger partial charge on any atom is -0.309 e. The average molecular weight is 358 g/mol. The van der Waals surface area contributed by atoms with Crippen LogP contribution in [0.2, 0.25) is 0 Å². The van der Waals surface area contributed by atoms with Crippen molar-refractivity contribution in [3.05, 3.63) is 48.0 Å².